The van der Waals surface area contributed by atoms with Crippen molar-refractivity contribution in [3.8, 4) is 33.4 Å². The molecule has 11 rings (SSSR count). The van der Waals surface area contributed by atoms with E-state index in [-0.39, 0.29) is 5.41 Å². The minimum atomic E-state index is -0.00739. The van der Waals surface area contributed by atoms with Gasteiger partial charge in [-0.15, -0.1) is 11.3 Å². The summed E-state index contributed by atoms with van der Waals surface area (Å²) in [4.78, 5) is 0. The Morgan fingerprint density at radius 1 is 0.448 bits per heavy atom. The molecule has 2 aliphatic carbocycles. The maximum absolute atomic E-state index is 3.67. The van der Waals surface area contributed by atoms with Crippen molar-refractivity contribution in [2.45, 2.75) is 39.0 Å². The van der Waals surface area contributed by atoms with Crippen molar-refractivity contribution >= 4 is 59.2 Å². The van der Waals surface area contributed by atoms with E-state index in [4.69, 9.17) is 0 Å². The summed E-state index contributed by atoms with van der Waals surface area (Å²) < 4.78 is 2.66. The van der Waals surface area contributed by atoms with Crippen LogP contribution < -0.4 is 5.32 Å². The maximum Gasteiger partial charge on any atom is 0.0387 e. The number of hydrogen-bond acceptors (Lipinski definition) is 2. The van der Waals surface area contributed by atoms with E-state index in [1.165, 1.54) is 98.6 Å². The number of allylic oxidation sites excluding steroid dienone is 4. The van der Waals surface area contributed by atoms with Crippen molar-refractivity contribution in [2.24, 2.45) is 0 Å². The van der Waals surface area contributed by atoms with Crippen molar-refractivity contribution in [1.82, 2.24) is 0 Å². The zero-order chi connectivity index (χ0) is 39.2. The molecule has 1 heterocycles. The Morgan fingerprint density at radius 3 is 1.93 bits per heavy atom. The molecule has 0 atom stereocenters. The number of rotatable bonds is 5. The minimum Gasteiger partial charge on any atom is -0.356 e. The Hall–Kier alpha value is -6.48. The van der Waals surface area contributed by atoms with Crippen LogP contribution in [0.25, 0.3) is 69.9 Å². The summed E-state index contributed by atoms with van der Waals surface area (Å²) in [6.07, 6.45) is 6.88. The molecule has 0 saturated carbocycles. The predicted molar refractivity (Wildman–Crippen MR) is 252 cm³/mol. The van der Waals surface area contributed by atoms with Gasteiger partial charge in [0, 0.05) is 37.0 Å². The Morgan fingerprint density at radius 2 is 1.10 bits per heavy atom. The highest BCUT2D eigenvalue weighted by Gasteiger charge is 2.35. The van der Waals surface area contributed by atoms with Gasteiger partial charge in [0.1, 0.15) is 0 Å². The van der Waals surface area contributed by atoms with Gasteiger partial charge in [0.25, 0.3) is 0 Å². The van der Waals surface area contributed by atoms with Crippen LogP contribution in [-0.4, -0.2) is 0 Å². The van der Waals surface area contributed by atoms with E-state index in [0.29, 0.717) is 0 Å². The average molecular weight is 764 g/mol. The van der Waals surface area contributed by atoms with E-state index < -0.39 is 0 Å². The van der Waals surface area contributed by atoms with Crippen LogP contribution in [0.15, 0.2) is 194 Å². The highest BCUT2D eigenvalue weighted by Crippen LogP contribution is 2.49. The third-order valence-corrected chi connectivity index (χ3v) is 13.3. The lowest BCUT2D eigenvalue weighted by Crippen LogP contribution is -2.15. The maximum atomic E-state index is 3.67. The second-order valence-corrected chi connectivity index (χ2v) is 17.3. The van der Waals surface area contributed by atoms with Crippen LogP contribution in [0, 0.1) is 0 Å². The topological polar surface area (TPSA) is 12.0 Å². The highest BCUT2D eigenvalue weighted by atomic mass is 32.1. The summed E-state index contributed by atoms with van der Waals surface area (Å²) >= 11 is 1.87. The van der Waals surface area contributed by atoms with Crippen LogP contribution in [0.1, 0.15) is 50.3 Å². The van der Waals surface area contributed by atoms with E-state index in [9.17, 15) is 0 Å². The first kappa shape index (κ1) is 35.9. The van der Waals surface area contributed by atoms with Gasteiger partial charge in [-0.2, -0.15) is 0 Å². The molecule has 9 aromatic rings. The second kappa shape index (κ2) is 14.8. The van der Waals surface area contributed by atoms with Gasteiger partial charge >= 0.3 is 0 Å². The standard InChI is InChI=1S/C39H29NS.C17H16/c1-39(2)35-14-8-6-12-29(35)30-21-20-28(22-36(30)39)40-27-18-16-26(17-19-27)33-24-38-34(31-13-7-9-15-37(31)41-38)23-32(33)25-10-4-3-5-11-25;1-13-9-11-15(12-10-13)17-8-4-6-14-5-2-3-7-16(14)17/h3-24,40H,1-2H3;2-9,11H,10,12H2,1H3. The lowest BCUT2D eigenvalue weighted by atomic mass is 9.82. The molecule has 280 valence electrons. The monoisotopic (exact) mass is 763 g/mol. The van der Waals surface area contributed by atoms with Crippen LogP contribution in [-0.2, 0) is 5.41 Å². The first-order chi connectivity index (χ1) is 28.4. The minimum absolute atomic E-state index is 0.00739. The fraction of sp³-hybridized carbons (Fsp3) is 0.107. The van der Waals surface area contributed by atoms with Crippen LogP contribution in [0.2, 0.25) is 0 Å². The molecule has 2 heteroatoms. The zero-order valence-electron chi connectivity index (χ0n) is 33.2. The molecule has 0 unspecified atom stereocenters. The molecule has 1 nitrogen and oxygen atoms in total. The van der Waals surface area contributed by atoms with Crippen molar-refractivity contribution < 1.29 is 0 Å². The molecule has 1 aromatic heterocycles. The summed E-state index contributed by atoms with van der Waals surface area (Å²) in [5.41, 5.74) is 17.0. The Labute approximate surface area is 345 Å². The van der Waals surface area contributed by atoms with Gasteiger partial charge in [-0.25, -0.2) is 0 Å². The number of hydrogen-bond donors (Lipinski definition) is 1. The number of thiophene rings is 1. The molecule has 58 heavy (non-hydrogen) atoms. The fourth-order valence-corrected chi connectivity index (χ4v) is 10.1. The smallest absolute Gasteiger partial charge is 0.0387 e. The summed E-state index contributed by atoms with van der Waals surface area (Å²) in [6.45, 7) is 6.86. The predicted octanol–water partition coefficient (Wildman–Crippen LogP) is 16.4. The zero-order valence-corrected chi connectivity index (χ0v) is 34.0. The normalized spacial score (nSPS) is 14.0. The van der Waals surface area contributed by atoms with Crippen molar-refractivity contribution in [3.05, 3.63) is 210 Å². The summed E-state index contributed by atoms with van der Waals surface area (Å²) in [5.74, 6) is 0. The third kappa shape index (κ3) is 6.54. The molecule has 0 saturated heterocycles. The van der Waals surface area contributed by atoms with Crippen molar-refractivity contribution in [1.29, 1.82) is 0 Å². The van der Waals surface area contributed by atoms with E-state index in [0.717, 1.165) is 17.8 Å². The first-order valence-electron chi connectivity index (χ1n) is 20.4. The second-order valence-electron chi connectivity index (χ2n) is 16.2. The van der Waals surface area contributed by atoms with Gasteiger partial charge in [0.2, 0.25) is 0 Å². The number of fused-ring (bicyclic) bond motifs is 7. The largest absolute Gasteiger partial charge is 0.356 e. The van der Waals surface area contributed by atoms with Gasteiger partial charge < -0.3 is 5.32 Å². The van der Waals surface area contributed by atoms with Gasteiger partial charge in [0.15, 0.2) is 0 Å². The molecule has 0 fully saturated rings. The van der Waals surface area contributed by atoms with Gasteiger partial charge in [-0.3, -0.25) is 0 Å². The quantitative estimate of drug-likeness (QED) is 0.184. The molecule has 1 N–H and O–H groups in total. The molecule has 8 aromatic carbocycles. The molecule has 0 bridgehead atoms. The van der Waals surface area contributed by atoms with Crippen LogP contribution in [0.5, 0.6) is 0 Å². The molecule has 0 spiro atoms. The summed E-state index contributed by atoms with van der Waals surface area (Å²) in [7, 11) is 0. The van der Waals surface area contributed by atoms with E-state index in [2.05, 4.69) is 214 Å². The van der Waals surface area contributed by atoms with Gasteiger partial charge in [0.05, 0.1) is 0 Å². The summed E-state index contributed by atoms with van der Waals surface area (Å²) in [6, 6.07) is 63.9. The fourth-order valence-electron chi connectivity index (χ4n) is 9.02. The van der Waals surface area contributed by atoms with Crippen LogP contribution in [0.4, 0.5) is 11.4 Å². The van der Waals surface area contributed by atoms with E-state index in [1.807, 2.05) is 11.3 Å². The molecule has 0 aliphatic heterocycles. The third-order valence-electron chi connectivity index (χ3n) is 12.2. The van der Waals surface area contributed by atoms with Crippen molar-refractivity contribution in [3.63, 3.8) is 0 Å². The molecule has 2 aliphatic rings. The van der Waals surface area contributed by atoms with Crippen molar-refractivity contribution in [2.75, 3.05) is 5.32 Å². The Bertz CT molecular complexity index is 3040. The first-order valence-corrected chi connectivity index (χ1v) is 21.2. The van der Waals surface area contributed by atoms with Gasteiger partial charge in [-0.1, -0.05) is 165 Å². The SMILES string of the molecule is CC1(C)c2ccccc2-c2ccc(Nc3ccc(-c4cc5sc6ccccc6c5cc4-c4ccccc4)cc3)cc21.CC1=CC=C(c2cccc3ccccc23)CC1. The Kier molecular flexibility index (Phi) is 9.16. The molecule has 0 radical (unpaired) electrons. The van der Waals surface area contributed by atoms with E-state index >= 15 is 0 Å². The van der Waals surface area contributed by atoms with Gasteiger partial charge in [-0.05, 0) is 129 Å². The molecular weight excluding hydrogens is 719 g/mol. The van der Waals surface area contributed by atoms with Crippen LogP contribution in [0.3, 0.4) is 0 Å². The lowest BCUT2D eigenvalue weighted by molar-refractivity contribution is 0.660. The number of benzene rings is 8. The number of nitrogens with one attached hydrogen (secondary N) is 1. The average Bonchev–Trinajstić information content (AvgIpc) is 3.75. The highest BCUT2D eigenvalue weighted by molar-refractivity contribution is 7.25. The van der Waals surface area contributed by atoms with Crippen LogP contribution >= 0.6 is 11.3 Å². The Balaban J connectivity index is 0.000000200. The molecular formula is C56H45NS. The number of anilines is 2. The lowest BCUT2D eigenvalue weighted by Gasteiger charge is -2.22. The van der Waals surface area contributed by atoms with E-state index in [1.54, 1.807) is 0 Å². The summed E-state index contributed by atoms with van der Waals surface area (Å²) in [5, 5.41) is 9.03. The molecule has 0 amide bonds.